The maximum Gasteiger partial charge on any atom is 0.254 e. The Morgan fingerprint density at radius 3 is 2.96 bits per heavy atom. The van der Waals surface area contributed by atoms with E-state index >= 15 is 0 Å². The first-order valence-electron chi connectivity index (χ1n) is 7.54. The number of amides is 1. The summed E-state index contributed by atoms with van der Waals surface area (Å²) < 4.78 is 6.84. The molecule has 1 unspecified atom stereocenters. The summed E-state index contributed by atoms with van der Waals surface area (Å²) in [6.45, 7) is 3.15. The smallest absolute Gasteiger partial charge is 0.254 e. The molecule has 0 spiro atoms. The summed E-state index contributed by atoms with van der Waals surface area (Å²) in [6, 6.07) is 9.72. The minimum absolute atomic E-state index is 0.0353. The van der Waals surface area contributed by atoms with E-state index in [4.69, 9.17) is 16.3 Å². The number of ether oxygens (including phenoxy) is 1. The summed E-state index contributed by atoms with van der Waals surface area (Å²) in [7, 11) is 0. The number of hydrogen-bond donors (Lipinski definition) is 0. The molecule has 0 saturated carbocycles. The first kappa shape index (κ1) is 15.0. The van der Waals surface area contributed by atoms with E-state index in [-0.39, 0.29) is 11.9 Å². The van der Waals surface area contributed by atoms with Crippen LogP contribution in [0.3, 0.4) is 0 Å². The molecule has 5 heteroatoms. The van der Waals surface area contributed by atoms with Crippen LogP contribution in [0.15, 0.2) is 34.8 Å². The number of benzene rings is 2. The Hall–Kier alpha value is -1.52. The monoisotopic (exact) mass is 391 g/mol. The highest BCUT2D eigenvalue weighted by molar-refractivity contribution is 9.10. The molecule has 2 heterocycles. The van der Waals surface area contributed by atoms with Gasteiger partial charge in [0.2, 0.25) is 0 Å². The molecule has 0 radical (unpaired) electrons. The van der Waals surface area contributed by atoms with E-state index in [2.05, 4.69) is 22.0 Å². The summed E-state index contributed by atoms with van der Waals surface area (Å²) in [5, 5.41) is 0.697. The van der Waals surface area contributed by atoms with Crippen LogP contribution in [-0.4, -0.2) is 23.5 Å². The number of halogens is 2. The van der Waals surface area contributed by atoms with Crippen LogP contribution in [0.5, 0.6) is 5.75 Å². The van der Waals surface area contributed by atoms with E-state index in [0.717, 1.165) is 38.9 Å². The molecule has 118 valence electrons. The first-order valence-corrected chi connectivity index (χ1v) is 8.71. The van der Waals surface area contributed by atoms with Gasteiger partial charge in [-0.15, -0.1) is 0 Å². The zero-order valence-electron chi connectivity index (χ0n) is 12.6. The number of nitrogens with zero attached hydrogens (tertiary/aromatic N) is 1. The quantitative estimate of drug-likeness (QED) is 0.721. The zero-order valence-corrected chi connectivity index (χ0v) is 14.9. The summed E-state index contributed by atoms with van der Waals surface area (Å²) in [5.41, 5.74) is 4.02. The molecule has 23 heavy (non-hydrogen) atoms. The van der Waals surface area contributed by atoms with Gasteiger partial charge in [0.15, 0.2) is 0 Å². The Labute approximate surface area is 148 Å². The van der Waals surface area contributed by atoms with Gasteiger partial charge in [-0.05, 0) is 60.4 Å². The molecule has 3 nitrogen and oxygen atoms in total. The van der Waals surface area contributed by atoms with Crippen LogP contribution in [0.25, 0.3) is 0 Å². The van der Waals surface area contributed by atoms with Crippen LogP contribution in [0.1, 0.15) is 27.0 Å². The van der Waals surface area contributed by atoms with Crippen molar-refractivity contribution in [2.75, 3.05) is 6.61 Å². The highest BCUT2D eigenvalue weighted by Gasteiger charge is 2.36. The van der Waals surface area contributed by atoms with Crippen molar-refractivity contribution in [1.29, 1.82) is 0 Å². The van der Waals surface area contributed by atoms with E-state index in [9.17, 15) is 4.79 Å². The maximum absolute atomic E-state index is 12.8. The average Bonchev–Trinajstić information content (AvgIpc) is 2.84. The third-order valence-corrected chi connectivity index (χ3v) is 5.45. The Kier molecular flexibility index (Phi) is 3.62. The molecule has 4 rings (SSSR count). The van der Waals surface area contributed by atoms with Crippen molar-refractivity contribution in [3.8, 4) is 5.75 Å². The minimum Gasteiger partial charge on any atom is -0.491 e. The molecule has 1 atom stereocenters. The van der Waals surface area contributed by atoms with Crippen molar-refractivity contribution < 1.29 is 9.53 Å². The van der Waals surface area contributed by atoms with Crippen LogP contribution in [0.2, 0.25) is 5.02 Å². The van der Waals surface area contributed by atoms with Crippen LogP contribution < -0.4 is 4.74 Å². The van der Waals surface area contributed by atoms with E-state index in [0.29, 0.717) is 18.2 Å². The fraction of sp³-hybridized carbons (Fsp3) is 0.278. The average molecular weight is 393 g/mol. The molecule has 2 aromatic rings. The van der Waals surface area contributed by atoms with Gasteiger partial charge < -0.3 is 9.64 Å². The lowest BCUT2D eigenvalue weighted by Gasteiger charge is -2.32. The lowest BCUT2D eigenvalue weighted by Crippen LogP contribution is -2.43. The first-order chi connectivity index (χ1) is 11.0. The SMILES string of the molecule is Cc1cc(Br)c2c(c1)C(=O)N(C1COc3ccc(Cl)cc3C1)C2. The molecule has 2 aliphatic rings. The highest BCUT2D eigenvalue weighted by atomic mass is 79.9. The van der Waals surface area contributed by atoms with Gasteiger partial charge in [-0.1, -0.05) is 27.5 Å². The van der Waals surface area contributed by atoms with Gasteiger partial charge in [-0.3, -0.25) is 4.79 Å². The Balaban J connectivity index is 1.64. The van der Waals surface area contributed by atoms with Crippen molar-refractivity contribution in [3.63, 3.8) is 0 Å². The van der Waals surface area contributed by atoms with Crippen molar-refractivity contribution >= 4 is 33.4 Å². The predicted octanol–water partition coefficient (Wildman–Crippen LogP) is 4.37. The Morgan fingerprint density at radius 1 is 1.30 bits per heavy atom. The summed E-state index contributed by atoms with van der Waals surface area (Å²) >= 11 is 9.67. The minimum atomic E-state index is 0.0353. The molecule has 0 N–H and O–H groups in total. The van der Waals surface area contributed by atoms with Gasteiger partial charge in [0.05, 0.1) is 6.04 Å². The van der Waals surface area contributed by atoms with Gasteiger partial charge in [0.25, 0.3) is 5.91 Å². The van der Waals surface area contributed by atoms with Crippen LogP contribution >= 0.6 is 27.5 Å². The van der Waals surface area contributed by atoms with E-state index in [1.807, 2.05) is 36.1 Å². The molecule has 0 fully saturated rings. The third-order valence-electron chi connectivity index (χ3n) is 4.51. The molecular formula is C18H15BrClNO2. The lowest BCUT2D eigenvalue weighted by atomic mass is 10.0. The Bertz CT molecular complexity index is 821. The molecule has 1 amide bonds. The summed E-state index contributed by atoms with van der Waals surface area (Å²) in [5.74, 6) is 0.954. The summed E-state index contributed by atoms with van der Waals surface area (Å²) in [4.78, 5) is 14.7. The van der Waals surface area contributed by atoms with Crippen LogP contribution in [-0.2, 0) is 13.0 Å². The molecule has 2 aliphatic heterocycles. The summed E-state index contributed by atoms with van der Waals surface area (Å²) in [6.07, 6.45) is 0.770. The molecule has 0 bridgehead atoms. The number of fused-ring (bicyclic) bond motifs is 2. The molecule has 0 aromatic heterocycles. The van der Waals surface area contributed by atoms with Crippen molar-refractivity contribution in [3.05, 3.63) is 62.1 Å². The van der Waals surface area contributed by atoms with Crippen molar-refractivity contribution in [1.82, 2.24) is 4.90 Å². The predicted molar refractivity (Wildman–Crippen MR) is 93.2 cm³/mol. The van der Waals surface area contributed by atoms with Crippen molar-refractivity contribution in [2.24, 2.45) is 0 Å². The Morgan fingerprint density at radius 2 is 2.13 bits per heavy atom. The molecule has 0 saturated heterocycles. The normalized spacial score (nSPS) is 19.3. The second kappa shape index (κ2) is 5.53. The second-order valence-corrected chi connectivity index (χ2v) is 7.42. The fourth-order valence-electron chi connectivity index (χ4n) is 3.36. The largest absolute Gasteiger partial charge is 0.491 e. The number of rotatable bonds is 1. The third kappa shape index (κ3) is 2.54. The maximum atomic E-state index is 12.8. The van der Waals surface area contributed by atoms with Gasteiger partial charge in [-0.2, -0.15) is 0 Å². The number of hydrogen-bond acceptors (Lipinski definition) is 2. The second-order valence-electron chi connectivity index (χ2n) is 6.13. The van der Waals surface area contributed by atoms with E-state index in [1.165, 1.54) is 0 Å². The molecule has 0 aliphatic carbocycles. The zero-order chi connectivity index (χ0) is 16.1. The number of carbonyl (C=O) groups is 1. The van der Waals surface area contributed by atoms with Gasteiger partial charge in [0.1, 0.15) is 12.4 Å². The van der Waals surface area contributed by atoms with Gasteiger partial charge in [0, 0.05) is 21.6 Å². The fourth-order valence-corrected chi connectivity index (χ4v) is 4.26. The van der Waals surface area contributed by atoms with E-state index in [1.54, 1.807) is 0 Å². The molecule has 2 aromatic carbocycles. The van der Waals surface area contributed by atoms with E-state index < -0.39 is 0 Å². The topological polar surface area (TPSA) is 29.5 Å². The number of aryl methyl sites for hydroxylation is 1. The van der Waals surface area contributed by atoms with Crippen LogP contribution in [0, 0.1) is 6.92 Å². The highest BCUT2D eigenvalue weighted by Crippen LogP contribution is 2.35. The number of carbonyl (C=O) groups excluding carboxylic acids is 1. The lowest BCUT2D eigenvalue weighted by molar-refractivity contribution is 0.0612. The standard InChI is InChI=1S/C18H15BrClNO2/c1-10-4-14-15(16(19)5-10)8-21(18(14)22)13-7-11-6-12(20)2-3-17(11)23-9-13/h2-6,13H,7-9H2,1H3. The van der Waals surface area contributed by atoms with Crippen molar-refractivity contribution in [2.45, 2.75) is 25.9 Å². The van der Waals surface area contributed by atoms with Gasteiger partial charge in [-0.25, -0.2) is 0 Å². The van der Waals surface area contributed by atoms with Gasteiger partial charge >= 0.3 is 0 Å². The molecular weight excluding hydrogens is 378 g/mol. The van der Waals surface area contributed by atoms with Crippen LogP contribution in [0.4, 0.5) is 0 Å².